The van der Waals surface area contributed by atoms with Crippen molar-refractivity contribution < 1.29 is 61.7 Å². The van der Waals surface area contributed by atoms with Crippen molar-refractivity contribution in [3.05, 3.63) is 59.7 Å². The first-order valence-corrected chi connectivity index (χ1v) is 18.1. The van der Waals surface area contributed by atoms with Gasteiger partial charge in [0.05, 0.1) is 132 Å². The molecule has 3 rings (SSSR count). The van der Waals surface area contributed by atoms with E-state index in [1.54, 1.807) is 6.92 Å². The van der Waals surface area contributed by atoms with Gasteiger partial charge in [0.1, 0.15) is 6.61 Å². The zero-order valence-electron chi connectivity index (χ0n) is 30.6. The van der Waals surface area contributed by atoms with Crippen LogP contribution in [0.15, 0.2) is 48.5 Å². The van der Waals surface area contributed by atoms with Crippen LogP contribution in [0.25, 0.3) is 11.1 Å². The van der Waals surface area contributed by atoms with E-state index in [-0.39, 0.29) is 24.9 Å². The number of hydrogen-bond donors (Lipinski definition) is 1. The highest BCUT2D eigenvalue weighted by molar-refractivity contribution is 5.79. The molecule has 0 saturated carbocycles. The van der Waals surface area contributed by atoms with Gasteiger partial charge in [-0.1, -0.05) is 48.5 Å². The number of hydrogen-bond acceptors (Lipinski definition) is 13. The molecule has 0 atom stereocenters. The largest absolute Gasteiger partial charge is 0.466 e. The predicted molar refractivity (Wildman–Crippen MR) is 192 cm³/mol. The standard InChI is InChI=1S/C38H57NO13/c1-2-51-37(40)11-13-42-15-17-44-19-21-46-23-25-48-27-29-50-30-28-49-26-24-47-22-20-45-18-16-43-14-12-39-38(41)52-31-36-34-9-5-3-7-32(34)33-8-4-6-10-35(33)36/h3-10,36H,2,11-31H2,1H3,(H,39,41). The third-order valence-electron chi connectivity index (χ3n) is 7.59. The fourth-order valence-electron chi connectivity index (χ4n) is 5.12. The Hall–Kier alpha value is -3.18. The fourth-order valence-corrected chi connectivity index (χ4v) is 5.12. The molecule has 0 unspecified atom stereocenters. The lowest BCUT2D eigenvalue weighted by molar-refractivity contribution is -0.144. The topological polar surface area (TPSA) is 148 Å². The normalized spacial score (nSPS) is 12.1. The Morgan fingerprint density at radius 1 is 0.500 bits per heavy atom. The first-order chi connectivity index (χ1) is 25.7. The van der Waals surface area contributed by atoms with Crippen molar-refractivity contribution >= 4 is 12.1 Å². The molecule has 0 saturated heterocycles. The molecule has 0 fully saturated rings. The van der Waals surface area contributed by atoms with Crippen LogP contribution >= 0.6 is 0 Å². The van der Waals surface area contributed by atoms with Crippen molar-refractivity contribution in [2.75, 3.05) is 139 Å². The van der Waals surface area contributed by atoms with E-state index in [1.807, 2.05) is 24.3 Å². The monoisotopic (exact) mass is 735 g/mol. The Labute approximate surface area is 307 Å². The molecule has 52 heavy (non-hydrogen) atoms. The number of nitrogens with one attached hydrogen (secondary N) is 1. The average Bonchev–Trinajstić information content (AvgIpc) is 3.48. The molecule has 1 aliphatic carbocycles. The lowest BCUT2D eigenvalue weighted by atomic mass is 9.98. The number of esters is 1. The van der Waals surface area contributed by atoms with E-state index in [4.69, 9.17) is 52.1 Å². The smallest absolute Gasteiger partial charge is 0.407 e. The number of ether oxygens (including phenoxy) is 11. The molecule has 14 heteroatoms. The summed E-state index contributed by atoms with van der Waals surface area (Å²) in [6.07, 6.45) is -0.204. The third-order valence-corrected chi connectivity index (χ3v) is 7.59. The van der Waals surface area contributed by atoms with E-state index in [0.717, 1.165) is 0 Å². The second kappa shape index (κ2) is 29.3. The van der Waals surface area contributed by atoms with Gasteiger partial charge >= 0.3 is 12.1 Å². The van der Waals surface area contributed by atoms with E-state index in [1.165, 1.54) is 22.3 Å². The van der Waals surface area contributed by atoms with Gasteiger partial charge in [-0.15, -0.1) is 0 Å². The molecule has 14 nitrogen and oxygen atoms in total. The minimum absolute atomic E-state index is 0.0346. The summed E-state index contributed by atoms with van der Waals surface area (Å²) >= 11 is 0. The maximum atomic E-state index is 12.2. The number of carbonyl (C=O) groups excluding carboxylic acids is 2. The van der Waals surface area contributed by atoms with E-state index in [9.17, 15) is 9.59 Å². The molecule has 0 bridgehead atoms. The van der Waals surface area contributed by atoms with Gasteiger partial charge < -0.3 is 57.4 Å². The quantitative estimate of drug-likeness (QED) is 0.0842. The first-order valence-electron chi connectivity index (χ1n) is 18.1. The Bertz CT molecular complexity index is 1170. The van der Waals surface area contributed by atoms with Crippen LogP contribution in [-0.2, 0) is 56.9 Å². The van der Waals surface area contributed by atoms with E-state index < -0.39 is 6.09 Å². The van der Waals surface area contributed by atoms with Gasteiger partial charge in [0, 0.05) is 12.5 Å². The van der Waals surface area contributed by atoms with Gasteiger partial charge in [-0.2, -0.15) is 0 Å². The molecule has 0 heterocycles. The number of alkyl carbamates (subject to hydrolysis) is 1. The molecule has 2 aromatic carbocycles. The SMILES string of the molecule is CCOC(=O)CCOCCOCCOCCOCCOCCOCCOCCOCCOCCNC(=O)OCC1c2ccccc2-c2ccccc21. The fraction of sp³-hybridized carbons (Fsp3) is 0.632. The zero-order valence-corrected chi connectivity index (χ0v) is 30.6. The van der Waals surface area contributed by atoms with Crippen LogP contribution in [0, 0.1) is 0 Å². The van der Waals surface area contributed by atoms with Gasteiger partial charge in [0.25, 0.3) is 0 Å². The number of benzene rings is 2. The maximum absolute atomic E-state index is 12.2. The van der Waals surface area contributed by atoms with Crippen molar-refractivity contribution in [1.82, 2.24) is 5.32 Å². The molecule has 1 amide bonds. The van der Waals surface area contributed by atoms with Gasteiger partial charge in [-0.25, -0.2) is 4.79 Å². The average molecular weight is 736 g/mol. The Morgan fingerprint density at radius 3 is 1.27 bits per heavy atom. The number of fused-ring (bicyclic) bond motifs is 3. The van der Waals surface area contributed by atoms with Crippen LogP contribution in [0.2, 0.25) is 0 Å². The molecule has 292 valence electrons. The molecule has 2 aromatic rings. The van der Waals surface area contributed by atoms with Crippen LogP contribution in [0.4, 0.5) is 4.79 Å². The van der Waals surface area contributed by atoms with Crippen LogP contribution in [0.1, 0.15) is 30.4 Å². The van der Waals surface area contributed by atoms with E-state index >= 15 is 0 Å². The number of rotatable bonds is 33. The summed E-state index contributed by atoms with van der Waals surface area (Å²) in [7, 11) is 0. The highest BCUT2D eigenvalue weighted by Crippen LogP contribution is 2.44. The summed E-state index contributed by atoms with van der Waals surface area (Å²) in [4.78, 5) is 23.4. The summed E-state index contributed by atoms with van der Waals surface area (Å²) < 4.78 is 59.5. The summed E-state index contributed by atoms with van der Waals surface area (Å²) in [5.74, 6) is -0.220. The van der Waals surface area contributed by atoms with Crippen molar-refractivity contribution in [1.29, 1.82) is 0 Å². The Morgan fingerprint density at radius 2 is 0.865 bits per heavy atom. The summed E-state index contributed by atoms with van der Waals surface area (Å²) in [5.41, 5.74) is 4.76. The van der Waals surface area contributed by atoms with E-state index in [2.05, 4.69) is 29.6 Å². The van der Waals surface area contributed by atoms with Gasteiger partial charge in [0.2, 0.25) is 0 Å². The van der Waals surface area contributed by atoms with Crippen LogP contribution in [-0.4, -0.2) is 151 Å². The second-order valence-corrected chi connectivity index (χ2v) is 11.3. The molecule has 0 radical (unpaired) electrons. The minimum Gasteiger partial charge on any atom is -0.466 e. The summed E-state index contributed by atoms with van der Waals surface area (Å²) in [6.45, 7) is 10.9. The second-order valence-electron chi connectivity index (χ2n) is 11.3. The molecule has 1 N–H and O–H groups in total. The molecule has 0 aliphatic heterocycles. The summed E-state index contributed by atoms with van der Waals surface area (Å²) in [6, 6.07) is 16.5. The summed E-state index contributed by atoms with van der Waals surface area (Å²) in [5, 5.41) is 2.74. The maximum Gasteiger partial charge on any atom is 0.407 e. The molecule has 0 aromatic heterocycles. The molecule has 0 spiro atoms. The number of amides is 1. The Balaban J connectivity index is 0.964. The third kappa shape index (κ3) is 19.1. The zero-order chi connectivity index (χ0) is 36.7. The first kappa shape index (κ1) is 43.2. The highest BCUT2D eigenvalue weighted by atomic mass is 16.6. The van der Waals surface area contributed by atoms with Gasteiger partial charge in [0.15, 0.2) is 0 Å². The molecular weight excluding hydrogens is 678 g/mol. The van der Waals surface area contributed by atoms with Crippen LogP contribution in [0.5, 0.6) is 0 Å². The van der Waals surface area contributed by atoms with Gasteiger partial charge in [-0.05, 0) is 29.2 Å². The van der Waals surface area contributed by atoms with E-state index in [0.29, 0.717) is 132 Å². The van der Waals surface area contributed by atoms with Crippen molar-refractivity contribution in [2.45, 2.75) is 19.3 Å². The lowest BCUT2D eigenvalue weighted by Gasteiger charge is -2.14. The minimum atomic E-state index is -0.455. The van der Waals surface area contributed by atoms with Crippen molar-refractivity contribution in [3.63, 3.8) is 0 Å². The van der Waals surface area contributed by atoms with Crippen LogP contribution < -0.4 is 5.32 Å². The molecular formula is C38H57NO13. The van der Waals surface area contributed by atoms with Crippen molar-refractivity contribution in [2.24, 2.45) is 0 Å². The van der Waals surface area contributed by atoms with Crippen molar-refractivity contribution in [3.8, 4) is 11.1 Å². The lowest BCUT2D eigenvalue weighted by Crippen LogP contribution is -2.29. The Kier molecular flexibility index (Phi) is 24.4. The number of carbonyl (C=O) groups is 2. The predicted octanol–water partition coefficient (Wildman–Crippen LogP) is 3.63. The highest BCUT2D eigenvalue weighted by Gasteiger charge is 2.28. The van der Waals surface area contributed by atoms with Crippen LogP contribution in [0.3, 0.4) is 0 Å². The molecule has 1 aliphatic rings. The van der Waals surface area contributed by atoms with Gasteiger partial charge in [-0.3, -0.25) is 4.79 Å².